The summed E-state index contributed by atoms with van der Waals surface area (Å²) in [7, 11) is 1.54. The maximum Gasteiger partial charge on any atom is 0.325 e. The molecule has 1 unspecified atom stereocenters. The van der Waals surface area contributed by atoms with Gasteiger partial charge in [0.2, 0.25) is 0 Å². The van der Waals surface area contributed by atoms with Crippen LogP contribution >= 0.6 is 0 Å². The molecule has 112 valence electrons. The Balaban J connectivity index is 2.93. The number of carboxylic acids is 1. The molecule has 0 aliphatic rings. The van der Waals surface area contributed by atoms with E-state index < -0.39 is 12.0 Å². The third-order valence-corrected chi connectivity index (χ3v) is 2.95. The predicted octanol–water partition coefficient (Wildman–Crippen LogP) is 2.61. The highest BCUT2D eigenvalue weighted by Gasteiger charge is 2.20. The second-order valence-corrected chi connectivity index (χ2v) is 4.42. The van der Waals surface area contributed by atoms with Crippen molar-refractivity contribution in [3.63, 3.8) is 0 Å². The largest absolute Gasteiger partial charge is 0.493 e. The van der Waals surface area contributed by atoms with Crippen LogP contribution in [0.5, 0.6) is 11.5 Å². The van der Waals surface area contributed by atoms with E-state index in [4.69, 9.17) is 9.47 Å². The van der Waals surface area contributed by atoms with Gasteiger partial charge in [0.15, 0.2) is 11.5 Å². The van der Waals surface area contributed by atoms with E-state index in [0.717, 1.165) is 12.8 Å². The van der Waals surface area contributed by atoms with Crippen LogP contribution < -0.4 is 14.8 Å². The van der Waals surface area contributed by atoms with E-state index in [2.05, 4.69) is 12.2 Å². The monoisotopic (exact) mass is 281 g/mol. The molecule has 0 bridgehead atoms. The van der Waals surface area contributed by atoms with Gasteiger partial charge in [-0.05, 0) is 37.6 Å². The minimum atomic E-state index is -0.896. The number of hydrogen-bond acceptors (Lipinski definition) is 4. The standard InChI is InChI=1S/C15H23NO4/c1-4-6-9-16-14(15(17)18)11-7-8-12(20-5-2)13(10-11)19-3/h7-8,10,14,16H,4-6,9H2,1-3H3,(H,17,18). The van der Waals surface area contributed by atoms with Gasteiger partial charge in [0.05, 0.1) is 13.7 Å². The number of methoxy groups -OCH3 is 1. The molecule has 0 aliphatic heterocycles. The summed E-state index contributed by atoms with van der Waals surface area (Å²) in [6.07, 6.45) is 1.96. The van der Waals surface area contributed by atoms with Crippen molar-refractivity contribution in [1.82, 2.24) is 5.32 Å². The molecule has 2 N–H and O–H groups in total. The minimum absolute atomic E-state index is 0.535. The highest BCUT2D eigenvalue weighted by Crippen LogP contribution is 2.30. The maximum atomic E-state index is 11.4. The number of hydrogen-bond donors (Lipinski definition) is 2. The summed E-state index contributed by atoms with van der Waals surface area (Å²) in [5, 5.41) is 12.4. The Morgan fingerprint density at radius 1 is 1.35 bits per heavy atom. The molecule has 0 saturated heterocycles. The lowest BCUT2D eigenvalue weighted by Gasteiger charge is -2.17. The number of ether oxygens (including phenoxy) is 2. The molecule has 0 aliphatic carbocycles. The zero-order valence-electron chi connectivity index (χ0n) is 12.3. The normalized spacial score (nSPS) is 11.9. The van der Waals surface area contributed by atoms with Gasteiger partial charge in [0, 0.05) is 0 Å². The molecule has 0 fully saturated rings. The first kappa shape index (κ1) is 16.3. The zero-order valence-corrected chi connectivity index (χ0v) is 12.3. The fourth-order valence-corrected chi connectivity index (χ4v) is 1.91. The van der Waals surface area contributed by atoms with Crippen LogP contribution in [-0.2, 0) is 4.79 Å². The molecule has 1 aromatic carbocycles. The van der Waals surface area contributed by atoms with Crippen molar-refractivity contribution in [2.45, 2.75) is 32.7 Å². The van der Waals surface area contributed by atoms with Crippen molar-refractivity contribution in [3.8, 4) is 11.5 Å². The summed E-state index contributed by atoms with van der Waals surface area (Å²) in [6, 6.07) is 4.48. The van der Waals surface area contributed by atoms with Gasteiger partial charge in [-0.2, -0.15) is 0 Å². The Hall–Kier alpha value is -1.75. The van der Waals surface area contributed by atoms with Crippen LogP contribution in [0.15, 0.2) is 18.2 Å². The maximum absolute atomic E-state index is 11.4. The van der Waals surface area contributed by atoms with Crippen LogP contribution in [-0.4, -0.2) is 31.3 Å². The Labute approximate surface area is 119 Å². The molecule has 1 atom stereocenters. The smallest absolute Gasteiger partial charge is 0.325 e. The van der Waals surface area contributed by atoms with Crippen molar-refractivity contribution in [1.29, 1.82) is 0 Å². The molecule has 0 aromatic heterocycles. The molecule has 0 amide bonds. The van der Waals surface area contributed by atoms with Crippen LogP contribution in [0.1, 0.15) is 38.3 Å². The molecule has 5 heteroatoms. The molecule has 0 saturated carbocycles. The average molecular weight is 281 g/mol. The number of unbranched alkanes of at least 4 members (excludes halogenated alkanes) is 1. The van der Waals surface area contributed by atoms with Crippen molar-refractivity contribution >= 4 is 5.97 Å². The summed E-state index contributed by atoms with van der Waals surface area (Å²) >= 11 is 0. The fraction of sp³-hybridized carbons (Fsp3) is 0.533. The molecule has 5 nitrogen and oxygen atoms in total. The Kier molecular flexibility index (Phi) is 6.87. The number of carbonyl (C=O) groups is 1. The van der Waals surface area contributed by atoms with E-state index in [1.807, 2.05) is 6.92 Å². The van der Waals surface area contributed by atoms with Gasteiger partial charge in [-0.25, -0.2) is 0 Å². The second kappa shape index (κ2) is 8.43. The Morgan fingerprint density at radius 2 is 2.10 bits per heavy atom. The van der Waals surface area contributed by atoms with Crippen molar-refractivity contribution in [2.24, 2.45) is 0 Å². The van der Waals surface area contributed by atoms with Crippen LogP contribution in [0.25, 0.3) is 0 Å². The van der Waals surface area contributed by atoms with Crippen LogP contribution in [0.2, 0.25) is 0 Å². The van der Waals surface area contributed by atoms with Crippen molar-refractivity contribution in [3.05, 3.63) is 23.8 Å². The van der Waals surface area contributed by atoms with Gasteiger partial charge in [-0.3, -0.25) is 4.79 Å². The molecule has 0 heterocycles. The number of rotatable bonds is 9. The van der Waals surface area contributed by atoms with Gasteiger partial charge in [0.25, 0.3) is 0 Å². The minimum Gasteiger partial charge on any atom is -0.493 e. The third kappa shape index (κ3) is 4.42. The van der Waals surface area contributed by atoms with Gasteiger partial charge in [0.1, 0.15) is 6.04 Å². The Bertz CT molecular complexity index is 434. The lowest BCUT2D eigenvalue weighted by Crippen LogP contribution is -2.29. The second-order valence-electron chi connectivity index (χ2n) is 4.42. The van der Waals surface area contributed by atoms with Crippen molar-refractivity contribution in [2.75, 3.05) is 20.3 Å². The molecular weight excluding hydrogens is 258 g/mol. The van der Waals surface area contributed by atoms with Gasteiger partial charge in [-0.1, -0.05) is 19.4 Å². The summed E-state index contributed by atoms with van der Waals surface area (Å²) in [5.41, 5.74) is 0.661. The van der Waals surface area contributed by atoms with Gasteiger partial charge < -0.3 is 19.9 Å². The van der Waals surface area contributed by atoms with E-state index in [-0.39, 0.29) is 0 Å². The quantitative estimate of drug-likeness (QED) is 0.681. The Morgan fingerprint density at radius 3 is 2.65 bits per heavy atom. The number of aliphatic carboxylic acids is 1. The third-order valence-electron chi connectivity index (χ3n) is 2.95. The van der Waals surface area contributed by atoms with E-state index in [1.165, 1.54) is 0 Å². The lowest BCUT2D eigenvalue weighted by molar-refractivity contribution is -0.139. The SMILES string of the molecule is CCCCNC(C(=O)O)c1ccc(OCC)c(OC)c1. The number of carboxylic acid groups (broad SMARTS) is 1. The first-order valence-electron chi connectivity index (χ1n) is 6.90. The van der Waals surface area contributed by atoms with E-state index >= 15 is 0 Å². The highest BCUT2D eigenvalue weighted by molar-refractivity contribution is 5.76. The molecule has 1 aromatic rings. The average Bonchev–Trinajstić information content (AvgIpc) is 2.44. The molecule has 20 heavy (non-hydrogen) atoms. The fourth-order valence-electron chi connectivity index (χ4n) is 1.91. The van der Waals surface area contributed by atoms with E-state index in [0.29, 0.717) is 30.2 Å². The summed E-state index contributed by atoms with van der Waals surface area (Å²) < 4.78 is 10.7. The van der Waals surface area contributed by atoms with E-state index in [1.54, 1.807) is 25.3 Å². The topological polar surface area (TPSA) is 67.8 Å². The summed E-state index contributed by atoms with van der Waals surface area (Å²) in [5.74, 6) is 0.275. The summed E-state index contributed by atoms with van der Waals surface area (Å²) in [6.45, 7) is 5.16. The number of nitrogens with one attached hydrogen (secondary N) is 1. The van der Waals surface area contributed by atoms with E-state index in [9.17, 15) is 9.90 Å². The first-order valence-corrected chi connectivity index (χ1v) is 6.90. The highest BCUT2D eigenvalue weighted by atomic mass is 16.5. The van der Waals surface area contributed by atoms with Crippen LogP contribution in [0.3, 0.4) is 0 Å². The van der Waals surface area contributed by atoms with Crippen LogP contribution in [0.4, 0.5) is 0 Å². The summed E-state index contributed by atoms with van der Waals surface area (Å²) in [4.78, 5) is 11.4. The molecule has 0 spiro atoms. The van der Waals surface area contributed by atoms with Crippen LogP contribution in [0, 0.1) is 0 Å². The van der Waals surface area contributed by atoms with Gasteiger partial charge >= 0.3 is 5.97 Å². The number of benzene rings is 1. The lowest BCUT2D eigenvalue weighted by atomic mass is 10.1. The molecule has 0 radical (unpaired) electrons. The molecular formula is C15H23NO4. The zero-order chi connectivity index (χ0) is 15.0. The van der Waals surface area contributed by atoms with Gasteiger partial charge in [-0.15, -0.1) is 0 Å². The van der Waals surface area contributed by atoms with Crippen molar-refractivity contribution < 1.29 is 19.4 Å². The molecule has 1 rings (SSSR count). The predicted molar refractivity (Wildman–Crippen MR) is 77.5 cm³/mol. The first-order chi connectivity index (χ1) is 9.63.